The van der Waals surface area contributed by atoms with E-state index >= 15 is 0 Å². The molecule has 0 heterocycles. The Kier molecular flexibility index (Phi) is 11.6. The third-order valence-electron chi connectivity index (χ3n) is 4.52. The van der Waals surface area contributed by atoms with E-state index in [1.165, 1.54) is 38.5 Å². The fraction of sp³-hybridized carbons (Fsp3) is 1.00. The summed E-state index contributed by atoms with van der Waals surface area (Å²) in [6.45, 7) is 14.7. The summed E-state index contributed by atoms with van der Waals surface area (Å²) in [6.07, 6.45) is 16.7. The maximum atomic E-state index is 2.54. The van der Waals surface area contributed by atoms with Crippen LogP contribution in [0.1, 0.15) is 65.7 Å². The smallest absolute Gasteiger partial charge is 0.0594 e. The van der Waals surface area contributed by atoms with Crippen molar-refractivity contribution >= 4 is 15.3 Å². The van der Waals surface area contributed by atoms with E-state index in [-0.39, 0.29) is 0 Å². The molecule has 0 N–H and O–H groups in total. The van der Waals surface area contributed by atoms with Crippen molar-refractivity contribution in [2.24, 2.45) is 0 Å². The zero-order valence-corrected chi connectivity index (χ0v) is 17.3. The maximum Gasteiger partial charge on any atom is 0.0594 e. The molecule has 0 atom stereocenters. The molecule has 20 heavy (non-hydrogen) atoms. The minimum Gasteiger partial charge on any atom is -0.0695 e. The van der Waals surface area contributed by atoms with Gasteiger partial charge in [-0.1, -0.05) is 65.7 Å². The molecule has 0 spiro atoms. The Bertz CT molecular complexity index is 198. The van der Waals surface area contributed by atoms with Crippen molar-refractivity contribution in [2.45, 2.75) is 91.4 Å². The minimum atomic E-state index is -0.833. The second-order valence-corrected chi connectivity index (χ2v) is 18.1. The first kappa shape index (κ1) is 20.6. The number of rotatable bonds is 13. The third kappa shape index (κ3) is 10.4. The molecule has 0 fully saturated rings. The van der Waals surface area contributed by atoms with E-state index in [0.717, 1.165) is 0 Å². The van der Waals surface area contributed by atoms with Gasteiger partial charge < -0.3 is 0 Å². The SMILES string of the molecule is CCCC[P+](CCCC)(CCCC)CCC[Si](C)(C)C. The van der Waals surface area contributed by atoms with Gasteiger partial charge in [-0.05, 0) is 25.7 Å². The Hall–Kier alpha value is 0.647. The number of hydrogen-bond acceptors (Lipinski definition) is 0. The van der Waals surface area contributed by atoms with Crippen molar-refractivity contribution in [2.75, 3.05) is 24.6 Å². The third-order valence-corrected chi connectivity index (χ3v) is 11.4. The predicted octanol–water partition coefficient (Wildman–Crippen LogP) is 7.13. The van der Waals surface area contributed by atoms with Gasteiger partial charge in [0, 0.05) is 15.3 Å². The largest absolute Gasteiger partial charge is 0.0695 e. The van der Waals surface area contributed by atoms with Crippen molar-refractivity contribution in [3.63, 3.8) is 0 Å². The molecule has 0 nitrogen and oxygen atoms in total. The van der Waals surface area contributed by atoms with E-state index in [0.29, 0.717) is 0 Å². The van der Waals surface area contributed by atoms with E-state index in [9.17, 15) is 0 Å². The molecule has 0 aliphatic carbocycles. The van der Waals surface area contributed by atoms with E-state index in [2.05, 4.69) is 40.4 Å². The molecule has 0 amide bonds. The monoisotopic (exact) mass is 317 g/mol. The average molecular weight is 318 g/mol. The molecule has 0 aromatic heterocycles. The summed E-state index contributed by atoms with van der Waals surface area (Å²) in [6, 6.07) is 1.55. The van der Waals surface area contributed by atoms with Crippen LogP contribution in [0.25, 0.3) is 0 Å². The predicted molar refractivity (Wildman–Crippen MR) is 104 cm³/mol. The van der Waals surface area contributed by atoms with Crippen molar-refractivity contribution in [3.8, 4) is 0 Å². The van der Waals surface area contributed by atoms with Gasteiger partial charge in [-0.2, -0.15) is 0 Å². The van der Waals surface area contributed by atoms with Crippen LogP contribution in [0, 0.1) is 0 Å². The van der Waals surface area contributed by atoms with Crippen LogP contribution in [0.15, 0.2) is 0 Å². The lowest BCUT2D eigenvalue weighted by molar-refractivity contribution is 0.827. The highest BCUT2D eigenvalue weighted by atomic mass is 31.2. The van der Waals surface area contributed by atoms with E-state index in [1.807, 2.05) is 0 Å². The summed E-state index contributed by atoms with van der Waals surface area (Å²) in [5.41, 5.74) is 0. The fourth-order valence-corrected chi connectivity index (χ4v) is 9.76. The van der Waals surface area contributed by atoms with Crippen LogP contribution in [-0.2, 0) is 0 Å². The number of unbranched alkanes of at least 4 members (excludes halogenated alkanes) is 3. The van der Waals surface area contributed by atoms with Crippen LogP contribution in [0.4, 0.5) is 0 Å². The quantitative estimate of drug-likeness (QED) is 0.250. The highest BCUT2D eigenvalue weighted by Crippen LogP contribution is 2.61. The highest BCUT2D eigenvalue weighted by molar-refractivity contribution is 7.75. The van der Waals surface area contributed by atoms with Gasteiger partial charge in [0.15, 0.2) is 0 Å². The van der Waals surface area contributed by atoms with Crippen molar-refractivity contribution < 1.29 is 0 Å². The molecule has 0 rings (SSSR count). The topological polar surface area (TPSA) is 0 Å². The summed E-state index contributed by atoms with van der Waals surface area (Å²) < 4.78 is 0. The Balaban J connectivity index is 4.57. The fourth-order valence-electron chi connectivity index (χ4n) is 3.10. The zero-order valence-electron chi connectivity index (χ0n) is 15.4. The zero-order chi connectivity index (χ0) is 15.5. The lowest BCUT2D eigenvalue weighted by Gasteiger charge is -2.29. The van der Waals surface area contributed by atoms with Gasteiger partial charge in [0.05, 0.1) is 24.6 Å². The second kappa shape index (κ2) is 11.2. The van der Waals surface area contributed by atoms with Gasteiger partial charge in [-0.25, -0.2) is 0 Å². The molecule has 0 aliphatic rings. The molecule has 0 saturated carbocycles. The van der Waals surface area contributed by atoms with Gasteiger partial charge >= 0.3 is 0 Å². The molecule has 0 unspecified atom stereocenters. The van der Waals surface area contributed by atoms with Crippen LogP contribution in [0.5, 0.6) is 0 Å². The Morgan fingerprint density at radius 3 is 1.25 bits per heavy atom. The van der Waals surface area contributed by atoms with E-state index in [4.69, 9.17) is 0 Å². The highest BCUT2D eigenvalue weighted by Gasteiger charge is 2.35. The molecular weight excluding hydrogens is 275 g/mol. The van der Waals surface area contributed by atoms with Gasteiger partial charge in [0.2, 0.25) is 0 Å². The molecule has 0 aliphatic heterocycles. The first-order valence-corrected chi connectivity index (χ1v) is 15.5. The van der Waals surface area contributed by atoms with Gasteiger partial charge in [-0.15, -0.1) is 0 Å². The summed E-state index contributed by atoms with van der Waals surface area (Å²) >= 11 is 0. The molecule has 0 aromatic rings. The van der Waals surface area contributed by atoms with Crippen LogP contribution >= 0.6 is 7.26 Å². The van der Waals surface area contributed by atoms with Crippen LogP contribution < -0.4 is 0 Å². The summed E-state index contributed by atoms with van der Waals surface area (Å²) in [5.74, 6) is 0. The number of hydrogen-bond donors (Lipinski definition) is 0. The van der Waals surface area contributed by atoms with Gasteiger partial charge in [0.1, 0.15) is 0 Å². The van der Waals surface area contributed by atoms with Crippen LogP contribution in [0.2, 0.25) is 25.7 Å². The Morgan fingerprint density at radius 1 is 0.600 bits per heavy atom. The molecule has 0 aromatic carbocycles. The average Bonchev–Trinajstić information content (AvgIpc) is 2.38. The lowest BCUT2D eigenvalue weighted by atomic mass is 10.4. The molecule has 0 bridgehead atoms. The molecule has 0 radical (unpaired) electrons. The Morgan fingerprint density at radius 2 is 0.950 bits per heavy atom. The first-order valence-electron chi connectivity index (χ1n) is 9.24. The second-order valence-electron chi connectivity index (χ2n) is 7.96. The summed E-state index contributed by atoms with van der Waals surface area (Å²) in [7, 11) is -1.44. The van der Waals surface area contributed by atoms with E-state index in [1.54, 1.807) is 37.1 Å². The van der Waals surface area contributed by atoms with Crippen molar-refractivity contribution in [3.05, 3.63) is 0 Å². The molecule has 0 saturated heterocycles. The summed E-state index contributed by atoms with van der Waals surface area (Å²) in [5, 5.41) is 0. The molecular formula is C18H42PSi+. The normalized spacial score (nSPS) is 12.9. The maximum absolute atomic E-state index is 2.54. The summed E-state index contributed by atoms with van der Waals surface area (Å²) in [4.78, 5) is 0. The minimum absolute atomic E-state index is 0.610. The molecule has 2 heteroatoms. The first-order chi connectivity index (χ1) is 9.39. The van der Waals surface area contributed by atoms with Crippen molar-refractivity contribution in [1.82, 2.24) is 0 Å². The lowest BCUT2D eigenvalue weighted by Crippen LogP contribution is -2.21. The van der Waals surface area contributed by atoms with Crippen molar-refractivity contribution in [1.29, 1.82) is 0 Å². The van der Waals surface area contributed by atoms with E-state index < -0.39 is 15.3 Å². The standard InChI is InChI=1S/C18H42PSi/c1-7-10-14-19(15-11-8-2,16-12-9-3)17-13-18-20(4,5)6/h7-18H2,1-6H3/q+1. The van der Waals surface area contributed by atoms with Crippen LogP contribution in [0.3, 0.4) is 0 Å². The van der Waals surface area contributed by atoms with Gasteiger partial charge in [0.25, 0.3) is 0 Å². The Labute approximate surface area is 131 Å². The molecule has 122 valence electrons. The van der Waals surface area contributed by atoms with Gasteiger partial charge in [-0.3, -0.25) is 0 Å². The van der Waals surface area contributed by atoms with Crippen LogP contribution in [-0.4, -0.2) is 32.7 Å².